The lowest BCUT2D eigenvalue weighted by atomic mass is 10.1. The third-order valence-electron chi connectivity index (χ3n) is 4.61. The summed E-state index contributed by atoms with van der Waals surface area (Å²) in [6.45, 7) is 5.52. The number of fused-ring (bicyclic) bond motifs is 1. The van der Waals surface area contributed by atoms with E-state index >= 15 is 0 Å². The molecule has 172 valence electrons. The van der Waals surface area contributed by atoms with E-state index in [1.165, 1.54) is 6.92 Å². The molecule has 3 aromatic rings. The fourth-order valence-electron chi connectivity index (χ4n) is 3.14. The van der Waals surface area contributed by atoms with Crippen molar-refractivity contribution in [3.63, 3.8) is 0 Å². The number of amides is 1. The second kappa shape index (κ2) is 12.3. The van der Waals surface area contributed by atoms with Crippen LogP contribution in [0.5, 0.6) is 5.75 Å². The smallest absolute Gasteiger partial charge is 0.410 e. The Morgan fingerprint density at radius 1 is 1.00 bits per heavy atom. The molecule has 3 rings (SSSR count). The summed E-state index contributed by atoms with van der Waals surface area (Å²) in [5.74, 6) is 0.0578. The van der Waals surface area contributed by atoms with Crippen LogP contribution in [0.15, 0.2) is 79.4 Å². The maximum Gasteiger partial charge on any atom is 0.410 e. The van der Waals surface area contributed by atoms with Crippen LogP contribution in [-0.2, 0) is 32.2 Å². The molecule has 0 bridgehead atoms. The van der Waals surface area contributed by atoms with Crippen LogP contribution < -0.4 is 10.1 Å². The van der Waals surface area contributed by atoms with Crippen LogP contribution in [0.25, 0.3) is 10.8 Å². The number of alkyl carbamates (subject to hydrolysis) is 1. The maximum atomic E-state index is 12.4. The Morgan fingerprint density at radius 3 is 2.39 bits per heavy atom. The predicted octanol–water partition coefficient (Wildman–Crippen LogP) is 4.74. The van der Waals surface area contributed by atoms with Crippen LogP contribution in [0.3, 0.4) is 0 Å². The van der Waals surface area contributed by atoms with E-state index in [0.717, 1.165) is 16.3 Å². The summed E-state index contributed by atoms with van der Waals surface area (Å²) in [6.07, 6.45) is -0.0785. The van der Waals surface area contributed by atoms with E-state index in [1.54, 1.807) is 6.08 Å². The number of rotatable bonds is 11. The minimum absolute atomic E-state index is 0.0206. The van der Waals surface area contributed by atoms with Gasteiger partial charge in [0.05, 0.1) is 6.61 Å². The third kappa shape index (κ3) is 7.66. The highest BCUT2D eigenvalue weighted by atomic mass is 16.6. The Morgan fingerprint density at radius 2 is 1.70 bits per heavy atom. The van der Waals surface area contributed by atoms with Gasteiger partial charge in [-0.05, 0) is 28.5 Å². The van der Waals surface area contributed by atoms with E-state index in [9.17, 15) is 9.59 Å². The van der Waals surface area contributed by atoms with Gasteiger partial charge in [-0.25, -0.2) is 4.79 Å². The molecule has 0 aliphatic rings. The SMILES string of the molecule is C=CCOc1cc2ccccc2cc1COC(=O)NC(COCc1ccccc1)OC(C)=O. The average molecular weight is 450 g/mol. The summed E-state index contributed by atoms with van der Waals surface area (Å²) in [4.78, 5) is 23.8. The van der Waals surface area contributed by atoms with Gasteiger partial charge in [-0.15, -0.1) is 0 Å². The number of carbonyl (C=O) groups excluding carboxylic acids is 2. The van der Waals surface area contributed by atoms with E-state index in [1.807, 2.05) is 66.7 Å². The van der Waals surface area contributed by atoms with Crippen LogP contribution in [0.2, 0.25) is 0 Å². The van der Waals surface area contributed by atoms with Crippen molar-refractivity contribution in [1.82, 2.24) is 5.32 Å². The molecule has 1 N–H and O–H groups in total. The third-order valence-corrected chi connectivity index (χ3v) is 4.61. The minimum atomic E-state index is -0.980. The van der Waals surface area contributed by atoms with Gasteiger partial charge in [0.2, 0.25) is 6.23 Å². The van der Waals surface area contributed by atoms with E-state index in [-0.39, 0.29) is 13.2 Å². The molecule has 0 spiro atoms. The van der Waals surface area contributed by atoms with Crippen molar-refractivity contribution in [3.05, 3.63) is 90.5 Å². The van der Waals surface area contributed by atoms with Crippen LogP contribution in [0.4, 0.5) is 4.79 Å². The first kappa shape index (κ1) is 23.8. The number of carbonyl (C=O) groups is 2. The Balaban J connectivity index is 1.59. The lowest BCUT2D eigenvalue weighted by Gasteiger charge is -2.19. The van der Waals surface area contributed by atoms with Crippen LogP contribution in [-0.4, -0.2) is 31.5 Å². The molecule has 1 amide bonds. The van der Waals surface area contributed by atoms with Crippen molar-refractivity contribution in [2.45, 2.75) is 26.4 Å². The van der Waals surface area contributed by atoms with Crippen molar-refractivity contribution in [2.24, 2.45) is 0 Å². The molecule has 0 aliphatic carbocycles. The van der Waals surface area contributed by atoms with E-state index < -0.39 is 18.3 Å². The largest absolute Gasteiger partial charge is 0.489 e. The number of benzene rings is 3. The normalized spacial score (nSPS) is 11.4. The molecule has 0 heterocycles. The Labute approximate surface area is 192 Å². The lowest BCUT2D eigenvalue weighted by Crippen LogP contribution is -2.41. The summed E-state index contributed by atoms with van der Waals surface area (Å²) in [6, 6.07) is 21.2. The fraction of sp³-hybridized carbons (Fsp3) is 0.231. The molecule has 1 unspecified atom stereocenters. The summed E-state index contributed by atoms with van der Waals surface area (Å²) in [5, 5.41) is 4.52. The van der Waals surface area contributed by atoms with Gasteiger partial charge in [-0.2, -0.15) is 0 Å². The lowest BCUT2D eigenvalue weighted by molar-refractivity contribution is -0.151. The molecule has 0 radical (unpaired) electrons. The highest BCUT2D eigenvalue weighted by molar-refractivity contribution is 5.85. The summed E-state index contributed by atoms with van der Waals surface area (Å²) < 4.78 is 21.8. The monoisotopic (exact) mass is 449 g/mol. The van der Waals surface area contributed by atoms with Gasteiger partial charge < -0.3 is 18.9 Å². The zero-order valence-corrected chi connectivity index (χ0v) is 18.5. The van der Waals surface area contributed by atoms with E-state index in [2.05, 4.69) is 11.9 Å². The molecule has 0 aliphatic heterocycles. The summed E-state index contributed by atoms with van der Waals surface area (Å²) in [5.41, 5.74) is 1.67. The number of hydrogen-bond donors (Lipinski definition) is 1. The van der Waals surface area contributed by atoms with Gasteiger partial charge in [-0.1, -0.05) is 67.3 Å². The van der Waals surface area contributed by atoms with Crippen molar-refractivity contribution in [2.75, 3.05) is 13.2 Å². The number of ether oxygens (including phenoxy) is 4. The van der Waals surface area contributed by atoms with Crippen molar-refractivity contribution >= 4 is 22.8 Å². The fourth-order valence-corrected chi connectivity index (χ4v) is 3.14. The van der Waals surface area contributed by atoms with Gasteiger partial charge in [-0.3, -0.25) is 10.1 Å². The Hall–Kier alpha value is -3.84. The van der Waals surface area contributed by atoms with E-state index in [4.69, 9.17) is 18.9 Å². The predicted molar refractivity (Wildman–Crippen MR) is 125 cm³/mol. The Kier molecular flexibility index (Phi) is 8.85. The zero-order valence-electron chi connectivity index (χ0n) is 18.5. The second-order valence-corrected chi connectivity index (χ2v) is 7.23. The standard InChI is InChI=1S/C26H27NO6/c1-3-13-31-24-15-22-12-8-7-11-21(22)14-23(24)17-32-26(29)27-25(33-19(2)28)18-30-16-20-9-5-4-6-10-20/h3-12,14-15,25H,1,13,16-18H2,2H3,(H,27,29). The first-order valence-electron chi connectivity index (χ1n) is 10.5. The zero-order chi connectivity index (χ0) is 23.5. The van der Waals surface area contributed by atoms with Gasteiger partial charge in [0.25, 0.3) is 0 Å². The molecule has 33 heavy (non-hydrogen) atoms. The molecule has 7 nitrogen and oxygen atoms in total. The molecule has 0 fully saturated rings. The quantitative estimate of drug-likeness (QED) is 0.259. The second-order valence-electron chi connectivity index (χ2n) is 7.23. The first-order valence-corrected chi connectivity index (χ1v) is 10.5. The number of esters is 1. The molecular formula is C26H27NO6. The molecule has 0 saturated carbocycles. The van der Waals surface area contributed by atoms with Crippen LogP contribution in [0.1, 0.15) is 18.1 Å². The van der Waals surface area contributed by atoms with Crippen molar-refractivity contribution in [1.29, 1.82) is 0 Å². The molecular weight excluding hydrogens is 422 g/mol. The average Bonchev–Trinajstić information content (AvgIpc) is 2.81. The summed E-state index contributed by atoms with van der Waals surface area (Å²) >= 11 is 0. The highest BCUT2D eigenvalue weighted by Crippen LogP contribution is 2.27. The van der Waals surface area contributed by atoms with Gasteiger partial charge >= 0.3 is 12.1 Å². The first-order chi connectivity index (χ1) is 16.0. The summed E-state index contributed by atoms with van der Waals surface area (Å²) in [7, 11) is 0. The van der Waals surface area contributed by atoms with Crippen LogP contribution in [0, 0.1) is 0 Å². The maximum absolute atomic E-state index is 12.4. The van der Waals surface area contributed by atoms with Gasteiger partial charge in [0, 0.05) is 12.5 Å². The van der Waals surface area contributed by atoms with Crippen molar-refractivity contribution < 1.29 is 28.5 Å². The molecule has 3 aromatic carbocycles. The van der Waals surface area contributed by atoms with Gasteiger partial charge in [0.1, 0.15) is 25.6 Å². The van der Waals surface area contributed by atoms with Crippen molar-refractivity contribution in [3.8, 4) is 5.75 Å². The number of nitrogens with one attached hydrogen (secondary N) is 1. The highest BCUT2D eigenvalue weighted by Gasteiger charge is 2.17. The van der Waals surface area contributed by atoms with Crippen LogP contribution >= 0.6 is 0 Å². The molecule has 1 atom stereocenters. The minimum Gasteiger partial charge on any atom is -0.489 e. The Bertz CT molecular complexity index is 1080. The van der Waals surface area contributed by atoms with Gasteiger partial charge in [0.15, 0.2) is 0 Å². The molecule has 7 heteroatoms. The molecule has 0 aromatic heterocycles. The topological polar surface area (TPSA) is 83.1 Å². The van der Waals surface area contributed by atoms with E-state index in [0.29, 0.717) is 24.5 Å². The molecule has 0 saturated heterocycles. The number of hydrogen-bond acceptors (Lipinski definition) is 6.